The Morgan fingerprint density at radius 2 is 2.12 bits per heavy atom. The molecule has 0 aliphatic rings. The van der Waals surface area contributed by atoms with Crippen LogP contribution >= 0.6 is 0 Å². The van der Waals surface area contributed by atoms with Gasteiger partial charge in [-0.15, -0.1) is 0 Å². The third-order valence-corrected chi connectivity index (χ3v) is 2.33. The quantitative estimate of drug-likeness (QED) is 0.874. The summed E-state index contributed by atoms with van der Waals surface area (Å²) in [7, 11) is 1.90. The van der Waals surface area contributed by atoms with Crippen molar-refractivity contribution in [2.75, 3.05) is 13.6 Å². The Morgan fingerprint density at radius 3 is 2.82 bits per heavy atom. The fraction of sp³-hybridized carbons (Fsp3) is 0.154. The highest BCUT2D eigenvalue weighted by Gasteiger charge is 1.98. The number of aromatic nitrogens is 2. The summed E-state index contributed by atoms with van der Waals surface area (Å²) in [5, 5.41) is 7.24. The average Bonchev–Trinajstić information content (AvgIpc) is 2.79. The van der Waals surface area contributed by atoms with Gasteiger partial charge in [-0.25, -0.2) is 9.07 Å². The van der Waals surface area contributed by atoms with Crippen molar-refractivity contribution in [1.29, 1.82) is 0 Å². The second kappa shape index (κ2) is 5.41. The molecule has 0 fully saturated rings. The highest BCUT2D eigenvalue weighted by atomic mass is 19.1. The van der Waals surface area contributed by atoms with Crippen LogP contribution in [0.2, 0.25) is 0 Å². The first-order chi connectivity index (χ1) is 8.29. The summed E-state index contributed by atoms with van der Waals surface area (Å²) in [4.78, 5) is 0. The van der Waals surface area contributed by atoms with Crippen LogP contribution in [0, 0.1) is 5.82 Å². The third kappa shape index (κ3) is 3.01. The molecule has 88 valence electrons. The Labute approximate surface area is 99.6 Å². The number of nitrogens with zero attached hydrogens (tertiary/aromatic N) is 2. The van der Waals surface area contributed by atoms with Gasteiger partial charge >= 0.3 is 0 Å². The van der Waals surface area contributed by atoms with Gasteiger partial charge in [0.05, 0.1) is 11.9 Å². The van der Waals surface area contributed by atoms with E-state index in [4.69, 9.17) is 0 Å². The van der Waals surface area contributed by atoms with Crippen LogP contribution in [0.15, 0.2) is 42.7 Å². The fourth-order valence-electron chi connectivity index (χ4n) is 1.47. The van der Waals surface area contributed by atoms with Crippen LogP contribution in [0.25, 0.3) is 11.8 Å². The van der Waals surface area contributed by atoms with E-state index in [1.54, 1.807) is 23.0 Å². The van der Waals surface area contributed by atoms with E-state index >= 15 is 0 Å². The Bertz CT molecular complexity index is 500. The van der Waals surface area contributed by atoms with E-state index < -0.39 is 0 Å². The molecule has 3 nitrogen and oxygen atoms in total. The largest absolute Gasteiger partial charge is 0.316 e. The molecule has 0 bridgehead atoms. The van der Waals surface area contributed by atoms with Crippen molar-refractivity contribution in [3.05, 3.63) is 54.1 Å². The first-order valence-electron chi connectivity index (χ1n) is 5.41. The van der Waals surface area contributed by atoms with E-state index in [9.17, 15) is 4.39 Å². The zero-order valence-electron chi connectivity index (χ0n) is 9.60. The van der Waals surface area contributed by atoms with Crippen molar-refractivity contribution in [1.82, 2.24) is 15.1 Å². The minimum absolute atomic E-state index is 0.241. The fourth-order valence-corrected chi connectivity index (χ4v) is 1.47. The number of hydrogen-bond donors (Lipinski definition) is 1. The van der Waals surface area contributed by atoms with Crippen LogP contribution in [-0.4, -0.2) is 23.4 Å². The Hall–Kier alpha value is -1.94. The molecule has 0 aliphatic carbocycles. The van der Waals surface area contributed by atoms with Gasteiger partial charge < -0.3 is 5.32 Å². The molecule has 0 saturated carbocycles. The smallest absolute Gasteiger partial charge is 0.123 e. The maximum atomic E-state index is 12.8. The minimum Gasteiger partial charge on any atom is -0.316 e. The summed E-state index contributed by atoms with van der Waals surface area (Å²) in [6.07, 6.45) is 7.68. The predicted molar refractivity (Wildman–Crippen MR) is 66.5 cm³/mol. The van der Waals surface area contributed by atoms with E-state index in [2.05, 4.69) is 10.4 Å². The van der Waals surface area contributed by atoms with Gasteiger partial charge in [-0.2, -0.15) is 5.10 Å². The SMILES string of the molecule is CNCC=Cc1cnn(-c2ccc(F)cc2)c1. The molecule has 17 heavy (non-hydrogen) atoms. The lowest BCUT2D eigenvalue weighted by Gasteiger charge is -1.99. The molecule has 0 radical (unpaired) electrons. The van der Waals surface area contributed by atoms with Gasteiger partial charge in [-0.05, 0) is 31.3 Å². The molecule has 0 atom stereocenters. The third-order valence-electron chi connectivity index (χ3n) is 2.33. The first-order valence-corrected chi connectivity index (χ1v) is 5.41. The molecule has 1 N–H and O–H groups in total. The summed E-state index contributed by atoms with van der Waals surface area (Å²) < 4.78 is 14.5. The van der Waals surface area contributed by atoms with Gasteiger partial charge in [0.1, 0.15) is 5.82 Å². The van der Waals surface area contributed by atoms with Crippen LogP contribution in [0.1, 0.15) is 5.56 Å². The molecule has 1 aromatic heterocycles. The molecular formula is C13H14FN3. The normalized spacial score (nSPS) is 11.2. The summed E-state index contributed by atoms with van der Waals surface area (Å²) in [6, 6.07) is 6.24. The van der Waals surface area contributed by atoms with Gasteiger partial charge in [0.15, 0.2) is 0 Å². The van der Waals surface area contributed by atoms with Crippen LogP contribution in [0.5, 0.6) is 0 Å². The van der Waals surface area contributed by atoms with Gasteiger partial charge in [0, 0.05) is 18.3 Å². The summed E-state index contributed by atoms with van der Waals surface area (Å²) >= 11 is 0. The number of hydrogen-bond acceptors (Lipinski definition) is 2. The van der Waals surface area contributed by atoms with Crippen LogP contribution in [0.4, 0.5) is 4.39 Å². The van der Waals surface area contributed by atoms with E-state index in [-0.39, 0.29) is 5.82 Å². The molecular weight excluding hydrogens is 217 g/mol. The van der Waals surface area contributed by atoms with Crippen molar-refractivity contribution in [2.45, 2.75) is 0 Å². The molecule has 0 aliphatic heterocycles. The van der Waals surface area contributed by atoms with Gasteiger partial charge in [0.25, 0.3) is 0 Å². The van der Waals surface area contributed by atoms with Crippen LogP contribution in [0.3, 0.4) is 0 Å². The van der Waals surface area contributed by atoms with Gasteiger partial charge in [-0.1, -0.05) is 12.2 Å². The van der Waals surface area contributed by atoms with Crippen LogP contribution in [-0.2, 0) is 0 Å². The highest BCUT2D eigenvalue weighted by molar-refractivity contribution is 5.48. The molecule has 0 spiro atoms. The number of rotatable bonds is 4. The second-order valence-corrected chi connectivity index (χ2v) is 3.65. The molecule has 1 heterocycles. The van der Waals surface area contributed by atoms with Gasteiger partial charge in [-0.3, -0.25) is 0 Å². The molecule has 1 aromatic carbocycles. The van der Waals surface area contributed by atoms with Crippen molar-refractivity contribution >= 4 is 6.08 Å². The topological polar surface area (TPSA) is 29.9 Å². The number of halogens is 1. The molecule has 0 unspecified atom stereocenters. The summed E-state index contributed by atoms with van der Waals surface area (Å²) in [5.74, 6) is -0.241. The molecule has 2 rings (SSSR count). The zero-order chi connectivity index (χ0) is 12.1. The highest BCUT2D eigenvalue weighted by Crippen LogP contribution is 2.10. The van der Waals surface area contributed by atoms with Crippen molar-refractivity contribution in [3.8, 4) is 5.69 Å². The van der Waals surface area contributed by atoms with Crippen molar-refractivity contribution in [3.63, 3.8) is 0 Å². The lowest BCUT2D eigenvalue weighted by molar-refractivity contribution is 0.627. The van der Waals surface area contributed by atoms with E-state index in [0.29, 0.717) is 0 Å². The van der Waals surface area contributed by atoms with Crippen molar-refractivity contribution in [2.24, 2.45) is 0 Å². The lowest BCUT2D eigenvalue weighted by atomic mass is 10.3. The van der Waals surface area contributed by atoms with Crippen molar-refractivity contribution < 1.29 is 4.39 Å². The Balaban J connectivity index is 2.15. The summed E-state index contributed by atoms with van der Waals surface area (Å²) in [6.45, 7) is 0.821. The monoisotopic (exact) mass is 231 g/mol. The summed E-state index contributed by atoms with van der Waals surface area (Å²) in [5.41, 5.74) is 1.87. The predicted octanol–water partition coefficient (Wildman–Crippen LogP) is 2.24. The number of likely N-dealkylation sites (N-methyl/N-ethyl adjacent to an activating group) is 1. The maximum Gasteiger partial charge on any atom is 0.123 e. The molecule has 2 aromatic rings. The number of nitrogens with one attached hydrogen (secondary N) is 1. The van der Waals surface area contributed by atoms with E-state index in [0.717, 1.165) is 17.8 Å². The zero-order valence-corrected chi connectivity index (χ0v) is 9.60. The molecule has 0 saturated heterocycles. The number of benzene rings is 1. The molecule has 0 amide bonds. The minimum atomic E-state index is -0.241. The Morgan fingerprint density at radius 1 is 1.35 bits per heavy atom. The first kappa shape index (κ1) is 11.5. The Kier molecular flexibility index (Phi) is 3.67. The lowest BCUT2D eigenvalue weighted by Crippen LogP contribution is -2.03. The molecule has 4 heteroatoms. The van der Waals surface area contributed by atoms with E-state index in [1.165, 1.54) is 12.1 Å². The second-order valence-electron chi connectivity index (χ2n) is 3.65. The van der Waals surface area contributed by atoms with Crippen LogP contribution < -0.4 is 5.32 Å². The van der Waals surface area contributed by atoms with Gasteiger partial charge in [0.2, 0.25) is 0 Å². The maximum absolute atomic E-state index is 12.8. The average molecular weight is 231 g/mol. The standard InChI is InChI=1S/C13H14FN3/c1-15-8-2-3-11-9-16-17(10-11)13-6-4-12(14)5-7-13/h2-7,9-10,15H,8H2,1H3. The van der Waals surface area contributed by atoms with E-state index in [1.807, 2.05) is 25.4 Å².